The Morgan fingerprint density at radius 2 is 1.89 bits per heavy atom. The van der Waals surface area contributed by atoms with E-state index in [1.165, 1.54) is 17.5 Å². The van der Waals surface area contributed by atoms with Gasteiger partial charge in [0.2, 0.25) is 0 Å². The molecular weight excluding hydrogens is 218 g/mol. The molecule has 1 aromatic carbocycles. The molecule has 0 radical (unpaired) electrons. The van der Waals surface area contributed by atoms with E-state index in [1.807, 2.05) is 0 Å². The first-order chi connectivity index (χ1) is 8.38. The molecule has 102 valence electrons. The fourth-order valence-corrected chi connectivity index (χ4v) is 2.16. The zero-order chi connectivity index (χ0) is 13.8. The number of rotatable bonds is 5. The van der Waals surface area contributed by atoms with E-state index < -0.39 is 0 Å². The van der Waals surface area contributed by atoms with Gasteiger partial charge in [-0.3, -0.25) is 0 Å². The highest BCUT2D eigenvalue weighted by atomic mass is 14.9. The SMILES string of the molecule is CCc1cccc(C(CC(C)C(C)(C)C)NC)c1. The maximum atomic E-state index is 3.47. The minimum Gasteiger partial charge on any atom is -0.313 e. The Hall–Kier alpha value is -0.820. The van der Waals surface area contributed by atoms with Gasteiger partial charge in [0, 0.05) is 6.04 Å². The molecule has 0 aromatic heterocycles. The topological polar surface area (TPSA) is 12.0 Å². The van der Waals surface area contributed by atoms with Crippen LogP contribution in [0.2, 0.25) is 0 Å². The molecule has 1 heteroatoms. The second kappa shape index (κ2) is 6.38. The van der Waals surface area contributed by atoms with E-state index >= 15 is 0 Å². The van der Waals surface area contributed by atoms with Gasteiger partial charge >= 0.3 is 0 Å². The largest absolute Gasteiger partial charge is 0.313 e. The molecular formula is C17H29N. The van der Waals surface area contributed by atoms with Gasteiger partial charge in [-0.25, -0.2) is 0 Å². The zero-order valence-corrected chi connectivity index (χ0v) is 12.9. The first kappa shape index (κ1) is 15.2. The summed E-state index contributed by atoms with van der Waals surface area (Å²) in [5.74, 6) is 0.695. The zero-order valence-electron chi connectivity index (χ0n) is 12.9. The molecule has 18 heavy (non-hydrogen) atoms. The van der Waals surface area contributed by atoms with Gasteiger partial charge in [0.15, 0.2) is 0 Å². The summed E-state index contributed by atoms with van der Waals surface area (Å²) in [6, 6.07) is 9.45. The van der Waals surface area contributed by atoms with Crippen molar-refractivity contribution in [2.75, 3.05) is 7.05 Å². The van der Waals surface area contributed by atoms with E-state index in [1.54, 1.807) is 0 Å². The van der Waals surface area contributed by atoms with Crippen LogP contribution >= 0.6 is 0 Å². The highest BCUT2D eigenvalue weighted by Gasteiger charge is 2.23. The van der Waals surface area contributed by atoms with Crippen LogP contribution in [0, 0.1) is 11.3 Å². The van der Waals surface area contributed by atoms with Gasteiger partial charge in [-0.15, -0.1) is 0 Å². The predicted octanol–water partition coefficient (Wildman–Crippen LogP) is 4.58. The third-order valence-corrected chi connectivity index (χ3v) is 4.18. The lowest BCUT2D eigenvalue weighted by molar-refractivity contribution is 0.226. The van der Waals surface area contributed by atoms with Crippen LogP contribution in [-0.4, -0.2) is 7.05 Å². The van der Waals surface area contributed by atoms with Crippen LogP contribution in [0.5, 0.6) is 0 Å². The van der Waals surface area contributed by atoms with Crippen molar-refractivity contribution in [3.63, 3.8) is 0 Å². The van der Waals surface area contributed by atoms with Crippen LogP contribution in [0.3, 0.4) is 0 Å². The first-order valence-corrected chi connectivity index (χ1v) is 7.14. The van der Waals surface area contributed by atoms with Crippen molar-refractivity contribution in [3.05, 3.63) is 35.4 Å². The Bertz CT molecular complexity index is 362. The molecule has 1 rings (SSSR count). The quantitative estimate of drug-likeness (QED) is 0.803. The van der Waals surface area contributed by atoms with Gasteiger partial charge in [0.25, 0.3) is 0 Å². The molecule has 0 fully saturated rings. The van der Waals surface area contributed by atoms with E-state index in [2.05, 4.69) is 71.2 Å². The maximum absolute atomic E-state index is 3.47. The number of benzene rings is 1. The Kier molecular flexibility index (Phi) is 5.40. The van der Waals surface area contributed by atoms with Crippen LogP contribution in [0.4, 0.5) is 0 Å². The smallest absolute Gasteiger partial charge is 0.0320 e. The number of nitrogens with one attached hydrogen (secondary N) is 1. The Labute approximate surface area is 113 Å². The van der Waals surface area contributed by atoms with E-state index in [9.17, 15) is 0 Å². The van der Waals surface area contributed by atoms with Gasteiger partial charge in [-0.05, 0) is 42.3 Å². The van der Waals surface area contributed by atoms with Gasteiger partial charge in [-0.1, -0.05) is 58.9 Å². The van der Waals surface area contributed by atoms with E-state index in [0.717, 1.165) is 6.42 Å². The fraction of sp³-hybridized carbons (Fsp3) is 0.647. The predicted molar refractivity (Wildman–Crippen MR) is 80.9 cm³/mol. The Balaban J connectivity index is 2.82. The van der Waals surface area contributed by atoms with Crippen LogP contribution in [0.15, 0.2) is 24.3 Å². The van der Waals surface area contributed by atoms with E-state index in [-0.39, 0.29) is 0 Å². The first-order valence-electron chi connectivity index (χ1n) is 7.14. The van der Waals surface area contributed by atoms with Gasteiger partial charge in [-0.2, -0.15) is 0 Å². The fourth-order valence-electron chi connectivity index (χ4n) is 2.16. The van der Waals surface area contributed by atoms with Crippen molar-refractivity contribution in [1.82, 2.24) is 5.32 Å². The van der Waals surface area contributed by atoms with Crippen LogP contribution < -0.4 is 5.32 Å². The summed E-state index contributed by atoms with van der Waals surface area (Å²) in [5, 5.41) is 3.47. The lowest BCUT2D eigenvalue weighted by Crippen LogP contribution is -2.25. The average molecular weight is 247 g/mol. The van der Waals surface area contributed by atoms with Crippen molar-refractivity contribution < 1.29 is 0 Å². The van der Waals surface area contributed by atoms with Crippen molar-refractivity contribution in [1.29, 1.82) is 0 Å². The lowest BCUT2D eigenvalue weighted by Gasteiger charge is -2.31. The summed E-state index contributed by atoms with van der Waals surface area (Å²) in [5.41, 5.74) is 3.22. The summed E-state index contributed by atoms with van der Waals surface area (Å²) in [7, 11) is 2.07. The summed E-state index contributed by atoms with van der Waals surface area (Å²) >= 11 is 0. The third-order valence-electron chi connectivity index (χ3n) is 4.18. The summed E-state index contributed by atoms with van der Waals surface area (Å²) in [6.45, 7) is 11.5. The number of aryl methyl sites for hydroxylation is 1. The second-order valence-electron chi connectivity index (χ2n) is 6.44. The summed E-state index contributed by atoms with van der Waals surface area (Å²) < 4.78 is 0. The maximum Gasteiger partial charge on any atom is 0.0320 e. The van der Waals surface area contributed by atoms with Crippen LogP contribution in [0.1, 0.15) is 58.2 Å². The van der Waals surface area contributed by atoms with Crippen LogP contribution in [-0.2, 0) is 6.42 Å². The Morgan fingerprint density at radius 1 is 1.22 bits per heavy atom. The molecule has 2 unspecified atom stereocenters. The molecule has 0 saturated carbocycles. The molecule has 0 heterocycles. The molecule has 1 aromatic rings. The molecule has 0 saturated heterocycles. The average Bonchev–Trinajstić information content (AvgIpc) is 2.34. The van der Waals surface area contributed by atoms with Crippen molar-refractivity contribution >= 4 is 0 Å². The number of hydrogen-bond acceptors (Lipinski definition) is 1. The van der Waals surface area contributed by atoms with Crippen molar-refractivity contribution in [2.24, 2.45) is 11.3 Å². The molecule has 0 aliphatic carbocycles. The van der Waals surface area contributed by atoms with Crippen molar-refractivity contribution in [2.45, 2.75) is 53.5 Å². The minimum absolute atomic E-state index is 0.372. The summed E-state index contributed by atoms with van der Waals surface area (Å²) in [4.78, 5) is 0. The van der Waals surface area contributed by atoms with Gasteiger partial charge in [0.05, 0.1) is 0 Å². The molecule has 0 aliphatic heterocycles. The van der Waals surface area contributed by atoms with Crippen molar-refractivity contribution in [3.8, 4) is 0 Å². The van der Waals surface area contributed by atoms with E-state index in [0.29, 0.717) is 17.4 Å². The normalized spacial score (nSPS) is 15.4. The molecule has 0 spiro atoms. The lowest BCUT2D eigenvalue weighted by atomic mass is 9.77. The van der Waals surface area contributed by atoms with Gasteiger partial charge in [0.1, 0.15) is 0 Å². The summed E-state index contributed by atoms with van der Waals surface area (Å²) in [6.07, 6.45) is 2.30. The number of hydrogen-bond donors (Lipinski definition) is 1. The highest BCUT2D eigenvalue weighted by Crippen LogP contribution is 2.33. The molecule has 1 nitrogen and oxygen atoms in total. The molecule has 2 atom stereocenters. The van der Waals surface area contributed by atoms with Gasteiger partial charge < -0.3 is 5.32 Å². The third kappa shape index (κ3) is 4.13. The molecule has 0 aliphatic rings. The Morgan fingerprint density at radius 3 is 2.39 bits per heavy atom. The van der Waals surface area contributed by atoms with Crippen LogP contribution in [0.25, 0.3) is 0 Å². The monoisotopic (exact) mass is 247 g/mol. The molecule has 0 bridgehead atoms. The molecule has 1 N–H and O–H groups in total. The van der Waals surface area contributed by atoms with E-state index in [4.69, 9.17) is 0 Å². The second-order valence-corrected chi connectivity index (χ2v) is 6.44. The highest BCUT2D eigenvalue weighted by molar-refractivity contribution is 5.26. The minimum atomic E-state index is 0.372. The standard InChI is InChI=1S/C17H29N/c1-7-14-9-8-10-15(12-14)16(18-6)11-13(2)17(3,4)5/h8-10,12-13,16,18H,7,11H2,1-6H3. The molecule has 0 amide bonds.